The molecule has 0 fully saturated rings. The molecule has 142 valence electrons. The maximum absolute atomic E-state index is 12.8. The van der Waals surface area contributed by atoms with Crippen molar-refractivity contribution in [3.05, 3.63) is 64.8 Å². The van der Waals surface area contributed by atoms with Crippen LogP contribution in [-0.4, -0.2) is 27.7 Å². The summed E-state index contributed by atoms with van der Waals surface area (Å²) >= 11 is 0. The number of aliphatic hydroxyl groups excluding tert-OH is 1. The molecule has 0 amide bonds. The molecule has 8 heteroatoms. The van der Waals surface area contributed by atoms with Crippen LogP contribution >= 0.6 is 0 Å². The summed E-state index contributed by atoms with van der Waals surface area (Å²) in [7, 11) is 0. The number of H-pyrrole nitrogens is 1. The molecule has 4 N–H and O–H groups in total. The number of fused-ring (bicyclic) bond motifs is 1. The van der Waals surface area contributed by atoms with E-state index in [0.717, 1.165) is 28.6 Å². The van der Waals surface area contributed by atoms with Gasteiger partial charge in [-0.25, -0.2) is 4.79 Å². The van der Waals surface area contributed by atoms with Crippen LogP contribution in [0.25, 0.3) is 10.9 Å². The second-order valence-electron chi connectivity index (χ2n) is 6.03. The highest BCUT2D eigenvalue weighted by atomic mass is 19.4. The highest BCUT2D eigenvalue weighted by Gasteiger charge is 2.31. The number of aliphatic hydroxyl groups is 1. The molecule has 3 rings (SSSR count). The highest BCUT2D eigenvalue weighted by Crippen LogP contribution is 2.32. The van der Waals surface area contributed by atoms with E-state index in [1.54, 1.807) is 0 Å². The minimum absolute atomic E-state index is 0.112. The monoisotopic (exact) mass is 378 g/mol. The lowest BCUT2D eigenvalue weighted by atomic mass is 10.1. The van der Waals surface area contributed by atoms with Gasteiger partial charge in [-0.15, -0.1) is 0 Å². The van der Waals surface area contributed by atoms with Crippen LogP contribution in [0.15, 0.2) is 42.5 Å². The predicted molar refractivity (Wildman–Crippen MR) is 94.8 cm³/mol. The molecule has 0 bridgehead atoms. The molecule has 27 heavy (non-hydrogen) atoms. The average Bonchev–Trinajstić information content (AvgIpc) is 2.99. The van der Waals surface area contributed by atoms with Gasteiger partial charge in [-0.1, -0.05) is 18.2 Å². The van der Waals surface area contributed by atoms with Gasteiger partial charge in [-0.2, -0.15) is 13.2 Å². The Morgan fingerprint density at radius 1 is 1.15 bits per heavy atom. The maximum Gasteiger partial charge on any atom is 0.416 e. The Balaban J connectivity index is 1.81. The summed E-state index contributed by atoms with van der Waals surface area (Å²) in [4.78, 5) is 14.4. The van der Waals surface area contributed by atoms with Gasteiger partial charge in [0.25, 0.3) is 0 Å². The number of carbonyl (C=O) groups is 1. The third-order valence-electron chi connectivity index (χ3n) is 4.33. The second kappa shape index (κ2) is 7.32. The molecule has 1 heterocycles. The molecule has 0 aliphatic rings. The van der Waals surface area contributed by atoms with Gasteiger partial charge in [0.15, 0.2) is 0 Å². The number of aromatic carboxylic acids is 1. The Morgan fingerprint density at radius 2 is 1.89 bits per heavy atom. The largest absolute Gasteiger partial charge is 0.478 e. The molecule has 0 unspecified atom stereocenters. The van der Waals surface area contributed by atoms with Gasteiger partial charge in [0.1, 0.15) is 0 Å². The van der Waals surface area contributed by atoms with Crippen LogP contribution in [0, 0.1) is 0 Å². The number of carboxylic acids is 1. The average molecular weight is 378 g/mol. The number of rotatable bonds is 6. The van der Waals surface area contributed by atoms with Crippen molar-refractivity contribution in [2.45, 2.75) is 19.2 Å². The molecule has 0 spiro atoms. The predicted octanol–water partition coefficient (Wildman–Crippen LogP) is 4.03. The van der Waals surface area contributed by atoms with E-state index in [-0.39, 0.29) is 12.3 Å². The molecule has 3 aromatic rings. The second-order valence-corrected chi connectivity index (χ2v) is 6.03. The highest BCUT2D eigenvalue weighted by molar-refractivity contribution is 5.94. The van der Waals surface area contributed by atoms with Crippen molar-refractivity contribution >= 4 is 22.6 Å². The van der Waals surface area contributed by atoms with Crippen LogP contribution in [0.1, 0.15) is 27.2 Å². The normalized spacial score (nSPS) is 11.7. The first-order valence-corrected chi connectivity index (χ1v) is 8.19. The lowest BCUT2D eigenvalue weighted by molar-refractivity contribution is -0.137. The third-order valence-corrected chi connectivity index (χ3v) is 4.33. The van der Waals surface area contributed by atoms with E-state index in [1.807, 2.05) is 24.3 Å². The fraction of sp³-hybridized carbons (Fsp3) is 0.211. The van der Waals surface area contributed by atoms with Gasteiger partial charge in [-0.05, 0) is 36.2 Å². The molecular formula is C19H17F3N2O3. The lowest BCUT2D eigenvalue weighted by Gasteiger charge is -2.13. The number of carboxylic acid groups (broad SMARTS) is 1. The summed E-state index contributed by atoms with van der Waals surface area (Å²) < 4.78 is 38.4. The van der Waals surface area contributed by atoms with Gasteiger partial charge in [0, 0.05) is 28.8 Å². The third kappa shape index (κ3) is 3.90. The Morgan fingerprint density at radius 3 is 2.56 bits per heavy atom. The van der Waals surface area contributed by atoms with E-state index in [4.69, 9.17) is 0 Å². The van der Waals surface area contributed by atoms with Gasteiger partial charge in [0.2, 0.25) is 0 Å². The minimum Gasteiger partial charge on any atom is -0.478 e. The van der Waals surface area contributed by atoms with E-state index in [9.17, 15) is 28.2 Å². The zero-order valence-electron chi connectivity index (χ0n) is 14.1. The first-order chi connectivity index (χ1) is 12.8. The number of aromatic amines is 1. The number of halogens is 3. The van der Waals surface area contributed by atoms with Crippen LogP contribution in [0.4, 0.5) is 18.9 Å². The van der Waals surface area contributed by atoms with Gasteiger partial charge in [-0.3, -0.25) is 0 Å². The smallest absolute Gasteiger partial charge is 0.416 e. The molecule has 0 radical (unpaired) electrons. The molecule has 5 nitrogen and oxygen atoms in total. The van der Waals surface area contributed by atoms with Crippen LogP contribution in [0.3, 0.4) is 0 Å². The number of anilines is 1. The summed E-state index contributed by atoms with van der Waals surface area (Å²) in [5, 5.41) is 22.6. The van der Waals surface area contributed by atoms with Crippen molar-refractivity contribution < 1.29 is 28.2 Å². The number of hydrogen-bond acceptors (Lipinski definition) is 3. The topological polar surface area (TPSA) is 85.3 Å². The van der Waals surface area contributed by atoms with Crippen LogP contribution in [-0.2, 0) is 19.2 Å². The van der Waals surface area contributed by atoms with Crippen LogP contribution < -0.4 is 5.32 Å². The van der Waals surface area contributed by atoms with Crippen molar-refractivity contribution in [3.8, 4) is 0 Å². The number of nitrogens with one attached hydrogen (secondary N) is 2. The van der Waals surface area contributed by atoms with E-state index < -0.39 is 23.3 Å². The van der Waals surface area contributed by atoms with Crippen molar-refractivity contribution in [2.24, 2.45) is 0 Å². The van der Waals surface area contributed by atoms with Crippen molar-refractivity contribution in [3.63, 3.8) is 0 Å². The SMILES string of the molecule is O=C(O)c1cc(C(F)(F)F)ccc1NCCc1c(CO)[nH]c2ccccc12. The Hall–Kier alpha value is -3.00. The number of benzene rings is 2. The molecule has 0 saturated carbocycles. The van der Waals surface area contributed by atoms with E-state index in [2.05, 4.69) is 10.3 Å². The summed E-state index contributed by atoms with van der Waals surface area (Å²) in [6, 6.07) is 10.1. The Kier molecular flexibility index (Phi) is 5.09. The number of aromatic nitrogens is 1. The zero-order valence-corrected chi connectivity index (χ0v) is 14.1. The Bertz CT molecular complexity index is 980. The lowest BCUT2D eigenvalue weighted by Crippen LogP contribution is -2.13. The van der Waals surface area contributed by atoms with Gasteiger partial charge < -0.3 is 20.5 Å². The molecular weight excluding hydrogens is 361 g/mol. The number of para-hydroxylation sites is 1. The first-order valence-electron chi connectivity index (χ1n) is 8.19. The van der Waals surface area contributed by atoms with E-state index in [0.29, 0.717) is 24.7 Å². The quantitative estimate of drug-likeness (QED) is 0.522. The summed E-state index contributed by atoms with van der Waals surface area (Å²) in [6.07, 6.45) is -4.15. The fourth-order valence-electron chi connectivity index (χ4n) is 3.05. The zero-order chi connectivity index (χ0) is 19.6. The summed E-state index contributed by atoms with van der Waals surface area (Å²) in [5.41, 5.74) is 1.07. The fourth-order valence-corrected chi connectivity index (χ4v) is 3.05. The van der Waals surface area contributed by atoms with Crippen molar-refractivity contribution in [2.75, 3.05) is 11.9 Å². The van der Waals surface area contributed by atoms with Crippen LogP contribution in [0.2, 0.25) is 0 Å². The first kappa shape index (κ1) is 18.8. The van der Waals surface area contributed by atoms with E-state index >= 15 is 0 Å². The standard InChI is InChI=1S/C19H17F3N2O3/c20-19(21,22)11-5-6-15(14(9-11)18(26)27)23-8-7-13-12-3-1-2-4-16(12)24-17(13)10-25/h1-6,9,23-25H,7-8,10H2,(H,26,27). The summed E-state index contributed by atoms with van der Waals surface area (Å²) in [5.74, 6) is -1.44. The molecule has 2 aromatic carbocycles. The van der Waals surface area contributed by atoms with Crippen molar-refractivity contribution in [1.82, 2.24) is 4.98 Å². The molecule has 0 aliphatic carbocycles. The van der Waals surface area contributed by atoms with E-state index in [1.165, 1.54) is 0 Å². The number of hydrogen-bond donors (Lipinski definition) is 4. The van der Waals surface area contributed by atoms with Gasteiger partial charge >= 0.3 is 12.1 Å². The molecule has 0 saturated heterocycles. The number of alkyl halides is 3. The Labute approximate surface area is 152 Å². The molecule has 0 atom stereocenters. The van der Waals surface area contributed by atoms with Crippen molar-refractivity contribution in [1.29, 1.82) is 0 Å². The maximum atomic E-state index is 12.8. The summed E-state index contributed by atoms with van der Waals surface area (Å²) in [6.45, 7) is 0.116. The van der Waals surface area contributed by atoms with Gasteiger partial charge in [0.05, 0.1) is 17.7 Å². The molecule has 0 aliphatic heterocycles. The minimum atomic E-state index is -4.61. The van der Waals surface area contributed by atoms with Crippen LogP contribution in [0.5, 0.6) is 0 Å². The molecule has 1 aromatic heterocycles.